The van der Waals surface area contributed by atoms with Gasteiger partial charge in [-0.2, -0.15) is 0 Å². The van der Waals surface area contributed by atoms with E-state index in [0.29, 0.717) is 11.6 Å². The number of anilines is 1. The summed E-state index contributed by atoms with van der Waals surface area (Å²) >= 11 is 0. The summed E-state index contributed by atoms with van der Waals surface area (Å²) in [6.07, 6.45) is 1.74. The second-order valence-corrected chi connectivity index (χ2v) is 5.64. The first-order valence-electron chi connectivity index (χ1n) is 7.40. The Balaban J connectivity index is 1.90. The third-order valence-electron chi connectivity index (χ3n) is 3.71. The molecular formula is C19H18N2O2. The van der Waals surface area contributed by atoms with E-state index in [2.05, 4.69) is 4.99 Å². The molecule has 0 saturated heterocycles. The van der Waals surface area contributed by atoms with Crippen LogP contribution >= 0.6 is 0 Å². The fourth-order valence-corrected chi connectivity index (χ4v) is 2.36. The lowest BCUT2D eigenvalue weighted by atomic mass is 10.1. The quantitative estimate of drug-likeness (QED) is 0.644. The Hall–Kier alpha value is -2.88. The standard InChI is InChI=1S/C19H18N2O2/c1-13-6-4-5-7-16(13)18-20-17(19(22)23-18)12-14-8-10-15(11-9-14)21(2)3/h4-12H,1-3H3/b17-12+. The molecule has 0 bridgehead atoms. The molecule has 0 atom stereocenters. The van der Waals surface area contributed by atoms with E-state index in [4.69, 9.17) is 4.74 Å². The number of carbonyl (C=O) groups is 1. The van der Waals surface area contributed by atoms with Crippen LogP contribution in [0.15, 0.2) is 59.2 Å². The number of benzene rings is 2. The highest BCUT2D eigenvalue weighted by molar-refractivity contribution is 6.13. The van der Waals surface area contributed by atoms with Crippen LogP contribution < -0.4 is 4.90 Å². The lowest BCUT2D eigenvalue weighted by Gasteiger charge is -2.11. The molecule has 0 fully saturated rings. The number of aryl methyl sites for hydroxylation is 1. The van der Waals surface area contributed by atoms with Gasteiger partial charge in [-0.15, -0.1) is 0 Å². The van der Waals surface area contributed by atoms with Gasteiger partial charge in [-0.25, -0.2) is 9.79 Å². The first kappa shape index (κ1) is 15.0. The molecule has 116 valence electrons. The molecule has 4 nitrogen and oxygen atoms in total. The lowest BCUT2D eigenvalue weighted by Crippen LogP contribution is -2.08. The van der Waals surface area contributed by atoms with Crippen molar-refractivity contribution in [3.05, 3.63) is 70.9 Å². The number of hydrogen-bond donors (Lipinski definition) is 0. The number of carbonyl (C=O) groups excluding carboxylic acids is 1. The zero-order valence-corrected chi connectivity index (χ0v) is 13.4. The maximum Gasteiger partial charge on any atom is 0.363 e. The molecule has 0 aromatic heterocycles. The minimum atomic E-state index is -0.417. The van der Waals surface area contributed by atoms with E-state index in [0.717, 1.165) is 22.4 Å². The van der Waals surface area contributed by atoms with E-state index in [1.807, 2.05) is 74.4 Å². The van der Waals surface area contributed by atoms with Gasteiger partial charge in [0.2, 0.25) is 5.90 Å². The molecule has 0 saturated carbocycles. The zero-order chi connectivity index (χ0) is 16.4. The fraction of sp³-hybridized carbons (Fsp3) is 0.158. The van der Waals surface area contributed by atoms with Gasteiger partial charge in [-0.05, 0) is 42.3 Å². The molecule has 23 heavy (non-hydrogen) atoms. The smallest absolute Gasteiger partial charge is 0.363 e. The van der Waals surface area contributed by atoms with Gasteiger partial charge in [-0.1, -0.05) is 30.3 Å². The van der Waals surface area contributed by atoms with Crippen LogP contribution in [0.5, 0.6) is 0 Å². The van der Waals surface area contributed by atoms with Gasteiger partial charge in [-0.3, -0.25) is 0 Å². The molecule has 1 aliphatic rings. The van der Waals surface area contributed by atoms with E-state index in [1.165, 1.54) is 0 Å². The molecule has 0 N–H and O–H groups in total. The summed E-state index contributed by atoms with van der Waals surface area (Å²) in [5.41, 5.74) is 4.20. The SMILES string of the molecule is Cc1ccccc1C1=N/C(=C/c2ccc(N(C)C)cc2)C(=O)O1. The summed E-state index contributed by atoms with van der Waals surface area (Å²) < 4.78 is 5.31. The highest BCUT2D eigenvalue weighted by Gasteiger charge is 2.24. The number of cyclic esters (lactones) is 1. The minimum absolute atomic E-state index is 0.320. The van der Waals surface area contributed by atoms with Crippen LogP contribution in [0.3, 0.4) is 0 Å². The van der Waals surface area contributed by atoms with Crippen LogP contribution in [0.25, 0.3) is 6.08 Å². The van der Waals surface area contributed by atoms with Gasteiger partial charge in [0.15, 0.2) is 5.70 Å². The highest BCUT2D eigenvalue weighted by Crippen LogP contribution is 2.21. The molecule has 4 heteroatoms. The van der Waals surface area contributed by atoms with Crippen molar-refractivity contribution in [2.45, 2.75) is 6.92 Å². The minimum Gasteiger partial charge on any atom is -0.402 e. The van der Waals surface area contributed by atoms with Crippen molar-refractivity contribution >= 4 is 23.6 Å². The van der Waals surface area contributed by atoms with Crippen molar-refractivity contribution in [1.82, 2.24) is 0 Å². The highest BCUT2D eigenvalue weighted by atomic mass is 16.6. The number of rotatable bonds is 3. The van der Waals surface area contributed by atoms with E-state index in [-0.39, 0.29) is 0 Å². The van der Waals surface area contributed by atoms with Crippen molar-refractivity contribution < 1.29 is 9.53 Å². The normalized spacial score (nSPS) is 15.5. The Morgan fingerprint density at radius 3 is 2.39 bits per heavy atom. The van der Waals surface area contributed by atoms with Gasteiger partial charge < -0.3 is 9.64 Å². The largest absolute Gasteiger partial charge is 0.402 e. The summed E-state index contributed by atoms with van der Waals surface area (Å²) in [4.78, 5) is 18.4. The molecule has 2 aromatic rings. The number of hydrogen-bond acceptors (Lipinski definition) is 4. The molecule has 1 heterocycles. The van der Waals surface area contributed by atoms with Crippen molar-refractivity contribution in [2.24, 2.45) is 4.99 Å². The molecule has 2 aromatic carbocycles. The number of esters is 1. The van der Waals surface area contributed by atoms with Crippen molar-refractivity contribution in [1.29, 1.82) is 0 Å². The molecule has 0 radical (unpaired) electrons. The summed E-state index contributed by atoms with van der Waals surface area (Å²) in [7, 11) is 3.97. The second-order valence-electron chi connectivity index (χ2n) is 5.64. The Morgan fingerprint density at radius 2 is 1.74 bits per heavy atom. The monoisotopic (exact) mass is 306 g/mol. The maximum atomic E-state index is 12.0. The predicted octanol–water partition coefficient (Wildman–Crippen LogP) is 3.41. The van der Waals surface area contributed by atoms with E-state index in [1.54, 1.807) is 6.08 Å². The van der Waals surface area contributed by atoms with E-state index < -0.39 is 5.97 Å². The number of ether oxygens (including phenoxy) is 1. The Bertz CT molecular complexity index is 802. The third kappa shape index (κ3) is 3.16. The first-order valence-corrected chi connectivity index (χ1v) is 7.40. The van der Waals surface area contributed by atoms with Crippen molar-refractivity contribution in [2.75, 3.05) is 19.0 Å². The first-order chi connectivity index (χ1) is 11.0. The van der Waals surface area contributed by atoms with Gasteiger partial charge in [0.25, 0.3) is 0 Å². The molecule has 0 amide bonds. The molecule has 3 rings (SSSR count). The zero-order valence-electron chi connectivity index (χ0n) is 13.4. The van der Waals surface area contributed by atoms with Gasteiger partial charge in [0.05, 0.1) is 0 Å². The van der Waals surface area contributed by atoms with Crippen LogP contribution in [0.1, 0.15) is 16.7 Å². The third-order valence-corrected chi connectivity index (χ3v) is 3.71. The van der Waals surface area contributed by atoms with Crippen LogP contribution in [0, 0.1) is 6.92 Å². The Kier molecular flexibility index (Phi) is 3.98. The summed E-state index contributed by atoms with van der Waals surface area (Å²) in [6.45, 7) is 1.97. The Labute approximate surface area is 135 Å². The van der Waals surface area contributed by atoms with Gasteiger partial charge >= 0.3 is 5.97 Å². The molecule has 1 aliphatic heterocycles. The van der Waals surface area contributed by atoms with Crippen molar-refractivity contribution in [3.8, 4) is 0 Å². The average Bonchev–Trinajstić information content (AvgIpc) is 2.89. The molecule has 0 spiro atoms. The summed E-state index contributed by atoms with van der Waals surface area (Å²) in [5, 5.41) is 0. The molecule has 0 aliphatic carbocycles. The van der Waals surface area contributed by atoms with Gasteiger partial charge in [0, 0.05) is 25.3 Å². The van der Waals surface area contributed by atoms with Crippen LogP contribution in [-0.2, 0) is 9.53 Å². The van der Waals surface area contributed by atoms with E-state index >= 15 is 0 Å². The second kappa shape index (κ2) is 6.08. The fourth-order valence-electron chi connectivity index (χ4n) is 2.36. The average molecular weight is 306 g/mol. The van der Waals surface area contributed by atoms with Crippen LogP contribution in [0.4, 0.5) is 5.69 Å². The lowest BCUT2D eigenvalue weighted by molar-refractivity contribution is -0.129. The summed E-state index contributed by atoms with van der Waals surface area (Å²) in [5.74, 6) is -0.0517. The van der Waals surface area contributed by atoms with Gasteiger partial charge in [0.1, 0.15) is 0 Å². The Morgan fingerprint density at radius 1 is 1.04 bits per heavy atom. The van der Waals surface area contributed by atoms with Crippen molar-refractivity contribution in [3.63, 3.8) is 0 Å². The van der Waals surface area contributed by atoms with Crippen LogP contribution in [0.2, 0.25) is 0 Å². The predicted molar refractivity (Wildman–Crippen MR) is 92.6 cm³/mol. The summed E-state index contributed by atoms with van der Waals surface area (Å²) in [6, 6.07) is 15.6. The number of nitrogens with zero attached hydrogens (tertiary/aromatic N) is 2. The molecular weight excluding hydrogens is 288 g/mol. The number of aliphatic imine (C=N–C) groups is 1. The maximum absolute atomic E-state index is 12.0. The molecule has 0 unspecified atom stereocenters. The van der Waals surface area contributed by atoms with Crippen LogP contribution in [-0.4, -0.2) is 26.0 Å². The topological polar surface area (TPSA) is 41.9 Å². The van der Waals surface area contributed by atoms with E-state index in [9.17, 15) is 4.79 Å².